The number of nitrogens with zero attached hydrogens (tertiary/aromatic N) is 1. The summed E-state index contributed by atoms with van der Waals surface area (Å²) in [5.74, 6) is 0.115. The average molecular weight is 349 g/mol. The van der Waals surface area contributed by atoms with Gasteiger partial charge in [0.2, 0.25) is 5.91 Å². The van der Waals surface area contributed by atoms with Crippen molar-refractivity contribution in [2.75, 3.05) is 5.88 Å². The summed E-state index contributed by atoms with van der Waals surface area (Å²) < 4.78 is 0. The van der Waals surface area contributed by atoms with Crippen LogP contribution in [0, 0.1) is 0 Å². The number of nitrogens with one attached hydrogen (secondary N) is 1. The lowest BCUT2D eigenvalue weighted by molar-refractivity contribution is -0.120. The molecule has 0 bridgehead atoms. The Hall–Kier alpha value is -2.65. The maximum Gasteiger partial charge on any atom is 0.241 e. The van der Waals surface area contributed by atoms with Crippen molar-refractivity contribution < 1.29 is 4.79 Å². The molecule has 4 rings (SSSR count). The first-order chi connectivity index (χ1) is 12.2. The SMILES string of the molecule is C/C(=N\NC(=O)CCCl)c1cc2cccc3ccc4cccc1c4c32. The van der Waals surface area contributed by atoms with Gasteiger partial charge in [-0.3, -0.25) is 4.79 Å². The highest BCUT2D eigenvalue weighted by Crippen LogP contribution is 2.36. The molecule has 4 aromatic carbocycles. The summed E-state index contributed by atoms with van der Waals surface area (Å²) in [6.45, 7) is 1.92. The molecule has 1 N–H and O–H groups in total. The van der Waals surface area contributed by atoms with E-state index in [2.05, 4.69) is 65.1 Å². The molecule has 0 fully saturated rings. The lowest BCUT2D eigenvalue weighted by atomic mass is 9.90. The van der Waals surface area contributed by atoms with Gasteiger partial charge in [0.05, 0.1) is 5.71 Å². The molecule has 0 saturated carbocycles. The van der Waals surface area contributed by atoms with Gasteiger partial charge in [0.25, 0.3) is 0 Å². The number of benzene rings is 4. The van der Waals surface area contributed by atoms with Gasteiger partial charge in [-0.1, -0.05) is 48.5 Å². The van der Waals surface area contributed by atoms with E-state index in [1.54, 1.807) is 0 Å². The first-order valence-electron chi connectivity index (χ1n) is 8.25. The Morgan fingerprint density at radius 2 is 1.68 bits per heavy atom. The van der Waals surface area contributed by atoms with Crippen LogP contribution in [-0.2, 0) is 4.79 Å². The van der Waals surface area contributed by atoms with Crippen molar-refractivity contribution in [3.05, 3.63) is 60.2 Å². The van der Waals surface area contributed by atoms with Gasteiger partial charge in [-0.25, -0.2) is 5.43 Å². The number of carbonyl (C=O) groups excluding carboxylic acids is 1. The summed E-state index contributed by atoms with van der Waals surface area (Å²) in [5, 5.41) is 11.6. The predicted molar refractivity (Wildman–Crippen MR) is 106 cm³/mol. The summed E-state index contributed by atoms with van der Waals surface area (Å²) in [7, 11) is 0. The second kappa shape index (κ2) is 6.34. The van der Waals surface area contributed by atoms with Gasteiger partial charge in [-0.05, 0) is 45.3 Å². The maximum absolute atomic E-state index is 11.7. The number of amides is 1. The van der Waals surface area contributed by atoms with Crippen LogP contribution in [0.3, 0.4) is 0 Å². The van der Waals surface area contributed by atoms with Crippen molar-refractivity contribution in [2.24, 2.45) is 5.10 Å². The molecule has 0 heterocycles. The summed E-state index contributed by atoms with van der Waals surface area (Å²) in [4.78, 5) is 11.7. The third kappa shape index (κ3) is 2.71. The van der Waals surface area contributed by atoms with Crippen molar-refractivity contribution in [3.8, 4) is 0 Å². The van der Waals surface area contributed by atoms with Crippen LogP contribution >= 0.6 is 11.6 Å². The molecule has 3 nitrogen and oxygen atoms in total. The zero-order chi connectivity index (χ0) is 17.4. The van der Waals surface area contributed by atoms with Gasteiger partial charge < -0.3 is 0 Å². The van der Waals surface area contributed by atoms with Crippen LogP contribution in [0.25, 0.3) is 32.3 Å². The van der Waals surface area contributed by atoms with Crippen LogP contribution in [0.1, 0.15) is 18.9 Å². The molecule has 124 valence electrons. The summed E-state index contributed by atoms with van der Waals surface area (Å²) in [5.41, 5.74) is 4.40. The number of alkyl halides is 1. The Labute approximate surface area is 150 Å². The Morgan fingerprint density at radius 3 is 2.44 bits per heavy atom. The molecule has 0 saturated heterocycles. The second-order valence-electron chi connectivity index (χ2n) is 6.14. The van der Waals surface area contributed by atoms with E-state index in [4.69, 9.17) is 11.6 Å². The molecule has 4 aromatic rings. The zero-order valence-electron chi connectivity index (χ0n) is 13.8. The fourth-order valence-electron chi connectivity index (χ4n) is 3.41. The summed E-state index contributed by atoms with van der Waals surface area (Å²) in [6, 6.07) is 19.1. The number of halogens is 1. The van der Waals surface area contributed by atoms with Crippen molar-refractivity contribution in [3.63, 3.8) is 0 Å². The molecule has 0 atom stereocenters. The molecule has 0 spiro atoms. The molecule has 25 heavy (non-hydrogen) atoms. The highest BCUT2D eigenvalue weighted by Gasteiger charge is 2.13. The van der Waals surface area contributed by atoms with Crippen molar-refractivity contribution in [1.82, 2.24) is 5.43 Å². The van der Waals surface area contributed by atoms with E-state index in [0.29, 0.717) is 0 Å². The molecular formula is C21H17ClN2O. The highest BCUT2D eigenvalue weighted by atomic mass is 35.5. The Balaban J connectivity index is 1.94. The van der Waals surface area contributed by atoms with Crippen molar-refractivity contribution >= 4 is 55.5 Å². The Morgan fingerprint density at radius 1 is 1.00 bits per heavy atom. The normalized spacial score (nSPS) is 12.3. The molecule has 1 amide bonds. The summed E-state index contributed by atoms with van der Waals surface area (Å²) in [6.07, 6.45) is 0.259. The van der Waals surface area contributed by atoms with E-state index in [0.717, 1.165) is 16.7 Å². The largest absolute Gasteiger partial charge is 0.273 e. The van der Waals surface area contributed by atoms with Gasteiger partial charge >= 0.3 is 0 Å². The van der Waals surface area contributed by atoms with Crippen LogP contribution < -0.4 is 5.43 Å². The monoisotopic (exact) mass is 348 g/mol. The number of hydrogen-bond donors (Lipinski definition) is 1. The van der Waals surface area contributed by atoms with Crippen LogP contribution in [0.5, 0.6) is 0 Å². The number of hydrogen-bond acceptors (Lipinski definition) is 2. The lowest BCUT2D eigenvalue weighted by Gasteiger charge is -2.14. The Bertz CT molecular complexity index is 1120. The summed E-state index contributed by atoms with van der Waals surface area (Å²) >= 11 is 5.60. The van der Waals surface area contributed by atoms with Gasteiger partial charge in [0, 0.05) is 17.9 Å². The minimum atomic E-state index is -0.175. The molecule has 0 aliphatic rings. The molecular weight excluding hydrogens is 332 g/mol. The van der Waals surface area contributed by atoms with Crippen LogP contribution in [-0.4, -0.2) is 17.5 Å². The molecule has 0 unspecified atom stereocenters. The number of rotatable bonds is 4. The fraction of sp³-hybridized carbons (Fsp3) is 0.143. The minimum absolute atomic E-state index is 0.175. The van der Waals surface area contributed by atoms with E-state index in [1.807, 2.05) is 6.92 Å². The van der Waals surface area contributed by atoms with Crippen LogP contribution in [0.15, 0.2) is 59.7 Å². The van der Waals surface area contributed by atoms with Crippen molar-refractivity contribution in [1.29, 1.82) is 0 Å². The number of hydrazone groups is 1. The third-order valence-corrected chi connectivity index (χ3v) is 4.76. The van der Waals surface area contributed by atoms with Crippen LogP contribution in [0.4, 0.5) is 0 Å². The average Bonchev–Trinajstić information content (AvgIpc) is 2.64. The third-order valence-electron chi connectivity index (χ3n) is 4.57. The topological polar surface area (TPSA) is 41.5 Å². The molecule has 0 aliphatic heterocycles. The van der Waals surface area contributed by atoms with E-state index >= 15 is 0 Å². The quantitative estimate of drug-likeness (QED) is 0.238. The number of carbonyl (C=O) groups is 1. The van der Waals surface area contributed by atoms with Gasteiger partial charge in [-0.2, -0.15) is 5.10 Å². The highest BCUT2D eigenvalue weighted by molar-refractivity contribution is 6.27. The van der Waals surface area contributed by atoms with E-state index < -0.39 is 0 Å². The van der Waals surface area contributed by atoms with E-state index in [9.17, 15) is 4.79 Å². The van der Waals surface area contributed by atoms with Gasteiger partial charge in [0.15, 0.2) is 0 Å². The molecule has 0 aliphatic carbocycles. The minimum Gasteiger partial charge on any atom is -0.273 e. The standard InChI is InChI=1S/C21H17ClN2O/c1-13(23-24-19(25)10-11-22)18-12-16-6-2-4-14-8-9-15-5-3-7-17(18)21(15)20(14)16/h2-9,12H,10-11H2,1H3,(H,24,25)/b23-13+. The Kier molecular flexibility index (Phi) is 4.02. The predicted octanol–water partition coefficient (Wildman–Crippen LogP) is 5.05. The lowest BCUT2D eigenvalue weighted by Crippen LogP contribution is -2.19. The fourth-order valence-corrected chi connectivity index (χ4v) is 3.58. The van der Waals surface area contributed by atoms with Crippen LogP contribution in [0.2, 0.25) is 0 Å². The molecule has 0 aromatic heterocycles. The van der Waals surface area contributed by atoms with Crippen molar-refractivity contribution in [2.45, 2.75) is 13.3 Å². The second-order valence-corrected chi connectivity index (χ2v) is 6.52. The zero-order valence-corrected chi connectivity index (χ0v) is 14.6. The first kappa shape index (κ1) is 15.9. The van der Waals surface area contributed by atoms with Gasteiger partial charge in [0.1, 0.15) is 0 Å². The molecule has 0 radical (unpaired) electrons. The molecule has 4 heteroatoms. The first-order valence-corrected chi connectivity index (χ1v) is 8.78. The van der Waals surface area contributed by atoms with E-state index in [1.165, 1.54) is 26.9 Å². The van der Waals surface area contributed by atoms with Gasteiger partial charge in [-0.15, -0.1) is 11.6 Å². The smallest absolute Gasteiger partial charge is 0.241 e. The maximum atomic E-state index is 11.7. The van der Waals surface area contributed by atoms with E-state index in [-0.39, 0.29) is 18.2 Å².